The highest BCUT2D eigenvalue weighted by atomic mass is 35.5. The third kappa shape index (κ3) is 6.37. The van der Waals surface area contributed by atoms with E-state index < -0.39 is 6.04 Å². The summed E-state index contributed by atoms with van der Waals surface area (Å²) in [6.45, 7) is 7.93. The molecule has 7 nitrogen and oxygen atoms in total. The molecular formula is C23H23Cl2N5O2S. The third-order valence-electron chi connectivity index (χ3n) is 4.72. The molecule has 0 fully saturated rings. The molecule has 0 aliphatic carbocycles. The smallest absolute Gasteiger partial charge is 0.252 e. The van der Waals surface area contributed by atoms with Crippen LogP contribution in [0.3, 0.4) is 0 Å². The first-order valence-electron chi connectivity index (χ1n) is 10.1. The van der Waals surface area contributed by atoms with Gasteiger partial charge in [0.05, 0.1) is 22.5 Å². The molecule has 1 heterocycles. The van der Waals surface area contributed by atoms with Gasteiger partial charge >= 0.3 is 0 Å². The predicted octanol–water partition coefficient (Wildman–Crippen LogP) is 5.30. The number of hydrogen-bond acceptors (Lipinski definition) is 5. The van der Waals surface area contributed by atoms with Crippen LogP contribution in [0, 0.1) is 6.92 Å². The Morgan fingerprint density at radius 1 is 1.21 bits per heavy atom. The minimum atomic E-state index is -0.405. The van der Waals surface area contributed by atoms with Crippen molar-refractivity contribution in [2.75, 3.05) is 11.1 Å². The average Bonchev–Trinajstić information content (AvgIpc) is 3.18. The largest absolute Gasteiger partial charge is 0.342 e. The molecule has 0 aliphatic rings. The van der Waals surface area contributed by atoms with Crippen molar-refractivity contribution in [1.82, 2.24) is 20.1 Å². The van der Waals surface area contributed by atoms with Crippen molar-refractivity contribution in [2.45, 2.75) is 31.6 Å². The second-order valence-electron chi connectivity index (χ2n) is 7.21. The Labute approximate surface area is 206 Å². The Morgan fingerprint density at radius 3 is 2.70 bits per heavy atom. The summed E-state index contributed by atoms with van der Waals surface area (Å²) < 4.78 is 1.82. The molecule has 33 heavy (non-hydrogen) atoms. The highest BCUT2D eigenvalue weighted by Gasteiger charge is 2.21. The number of thioether (sulfide) groups is 1. The predicted molar refractivity (Wildman–Crippen MR) is 133 cm³/mol. The van der Waals surface area contributed by atoms with Crippen molar-refractivity contribution in [3.63, 3.8) is 0 Å². The minimum absolute atomic E-state index is 0.0854. The first-order valence-corrected chi connectivity index (χ1v) is 11.8. The number of halogens is 2. The number of aryl methyl sites for hydroxylation is 1. The van der Waals surface area contributed by atoms with E-state index in [1.54, 1.807) is 30.3 Å². The summed E-state index contributed by atoms with van der Waals surface area (Å²) in [5.41, 5.74) is 1.93. The van der Waals surface area contributed by atoms with Crippen molar-refractivity contribution in [2.24, 2.45) is 0 Å². The molecule has 1 aromatic heterocycles. The van der Waals surface area contributed by atoms with Gasteiger partial charge < -0.3 is 15.2 Å². The summed E-state index contributed by atoms with van der Waals surface area (Å²) in [4.78, 5) is 25.1. The second kappa shape index (κ2) is 11.4. The zero-order valence-corrected chi connectivity index (χ0v) is 20.5. The number of amides is 2. The number of carbonyl (C=O) groups excluding carboxylic acids is 2. The van der Waals surface area contributed by atoms with Gasteiger partial charge in [-0.1, -0.05) is 59.2 Å². The lowest BCUT2D eigenvalue weighted by molar-refractivity contribution is -0.113. The summed E-state index contributed by atoms with van der Waals surface area (Å²) in [6, 6.07) is 11.8. The molecule has 0 unspecified atom stereocenters. The third-order valence-corrected chi connectivity index (χ3v) is 6.25. The molecule has 2 amide bonds. The number of nitrogens with one attached hydrogen (secondary N) is 2. The maximum absolute atomic E-state index is 12.7. The summed E-state index contributed by atoms with van der Waals surface area (Å²) in [5.74, 6) is 0.195. The zero-order chi connectivity index (χ0) is 24.0. The fourth-order valence-electron chi connectivity index (χ4n) is 3.10. The quantitative estimate of drug-likeness (QED) is 0.305. The van der Waals surface area contributed by atoms with Crippen molar-refractivity contribution in [3.8, 4) is 0 Å². The Hall–Kier alpha value is -2.81. The number of nitrogens with zero attached hydrogens (tertiary/aromatic N) is 3. The molecule has 3 rings (SSSR count). The van der Waals surface area contributed by atoms with Gasteiger partial charge in [0.1, 0.15) is 0 Å². The monoisotopic (exact) mass is 503 g/mol. The maximum Gasteiger partial charge on any atom is 0.252 e. The van der Waals surface area contributed by atoms with Crippen LogP contribution >= 0.6 is 35.0 Å². The van der Waals surface area contributed by atoms with Crippen LogP contribution in [-0.4, -0.2) is 32.3 Å². The molecule has 10 heteroatoms. The van der Waals surface area contributed by atoms with E-state index in [2.05, 4.69) is 27.4 Å². The van der Waals surface area contributed by atoms with Crippen molar-refractivity contribution in [3.05, 3.63) is 82.1 Å². The van der Waals surface area contributed by atoms with E-state index in [4.69, 9.17) is 23.2 Å². The van der Waals surface area contributed by atoms with Crippen molar-refractivity contribution < 1.29 is 9.59 Å². The van der Waals surface area contributed by atoms with Crippen LogP contribution in [0.4, 0.5) is 5.69 Å². The lowest BCUT2D eigenvalue weighted by Gasteiger charge is -2.16. The van der Waals surface area contributed by atoms with E-state index in [0.29, 0.717) is 38.8 Å². The molecule has 0 radical (unpaired) electrons. The van der Waals surface area contributed by atoms with Crippen LogP contribution in [0.2, 0.25) is 10.0 Å². The van der Waals surface area contributed by atoms with Gasteiger partial charge in [0.25, 0.3) is 5.91 Å². The zero-order valence-electron chi connectivity index (χ0n) is 18.1. The van der Waals surface area contributed by atoms with Gasteiger partial charge in [-0.15, -0.1) is 16.8 Å². The number of hydrogen-bond donors (Lipinski definition) is 2. The SMILES string of the molecule is C=CCn1c(SCC(=O)Nc2cc(Cl)ccc2Cl)nnc1[C@H](C)NC(=O)c1ccccc1C. The van der Waals surface area contributed by atoms with Gasteiger partial charge in [-0.3, -0.25) is 9.59 Å². The highest BCUT2D eigenvalue weighted by molar-refractivity contribution is 7.99. The molecular weight excluding hydrogens is 481 g/mol. The molecule has 172 valence electrons. The fourth-order valence-corrected chi connectivity index (χ4v) is 4.20. The van der Waals surface area contributed by atoms with Crippen molar-refractivity contribution >= 4 is 52.5 Å². The number of carbonyl (C=O) groups is 2. The van der Waals surface area contributed by atoms with E-state index in [-0.39, 0.29) is 17.6 Å². The topological polar surface area (TPSA) is 88.9 Å². The number of anilines is 1. The number of rotatable bonds is 9. The van der Waals surface area contributed by atoms with Gasteiger partial charge in [0.2, 0.25) is 5.91 Å². The molecule has 3 aromatic rings. The Morgan fingerprint density at radius 2 is 1.97 bits per heavy atom. The van der Waals surface area contributed by atoms with Crippen LogP contribution in [0.1, 0.15) is 34.7 Å². The second-order valence-corrected chi connectivity index (χ2v) is 9.00. The molecule has 0 bridgehead atoms. The molecule has 2 N–H and O–H groups in total. The summed E-state index contributed by atoms with van der Waals surface area (Å²) in [5, 5.41) is 15.6. The van der Waals surface area contributed by atoms with Gasteiger partial charge in [0.15, 0.2) is 11.0 Å². The first-order chi connectivity index (χ1) is 15.8. The Bertz CT molecular complexity index is 1180. The van der Waals surface area contributed by atoms with Gasteiger partial charge in [0, 0.05) is 17.1 Å². The standard InChI is InChI=1S/C23H23Cl2N5O2S/c1-4-11-30-21(15(3)26-22(32)17-8-6-5-7-14(17)2)28-29-23(30)33-13-20(31)27-19-12-16(24)9-10-18(19)25/h4-10,12,15H,1,11,13H2,2-3H3,(H,26,32)(H,27,31)/t15-/m0/s1. The van der Waals surface area contributed by atoms with Crippen LogP contribution in [0.25, 0.3) is 0 Å². The normalized spacial score (nSPS) is 11.6. The number of aromatic nitrogens is 3. The van der Waals surface area contributed by atoms with Crippen LogP contribution in [0.15, 0.2) is 60.3 Å². The summed E-state index contributed by atoms with van der Waals surface area (Å²) in [7, 11) is 0. The number of benzene rings is 2. The molecule has 0 saturated heterocycles. The van der Waals surface area contributed by atoms with E-state index >= 15 is 0 Å². The van der Waals surface area contributed by atoms with E-state index in [0.717, 1.165) is 5.56 Å². The Kier molecular flexibility index (Phi) is 8.55. The fraction of sp³-hybridized carbons (Fsp3) is 0.217. The molecule has 2 aromatic carbocycles. The molecule has 0 spiro atoms. The Balaban J connectivity index is 1.69. The van der Waals surface area contributed by atoms with E-state index in [9.17, 15) is 9.59 Å². The molecule has 0 saturated carbocycles. The number of allylic oxidation sites excluding steroid dienone is 1. The maximum atomic E-state index is 12.7. The van der Waals surface area contributed by atoms with E-state index in [1.165, 1.54) is 11.8 Å². The lowest BCUT2D eigenvalue weighted by atomic mass is 10.1. The average molecular weight is 504 g/mol. The van der Waals surface area contributed by atoms with Gasteiger partial charge in [-0.2, -0.15) is 0 Å². The van der Waals surface area contributed by atoms with Crippen LogP contribution in [-0.2, 0) is 11.3 Å². The summed E-state index contributed by atoms with van der Waals surface area (Å²) in [6.07, 6.45) is 1.71. The first kappa shape index (κ1) is 24.8. The highest BCUT2D eigenvalue weighted by Crippen LogP contribution is 2.26. The lowest BCUT2D eigenvalue weighted by Crippen LogP contribution is -2.29. The van der Waals surface area contributed by atoms with Crippen LogP contribution < -0.4 is 10.6 Å². The summed E-state index contributed by atoms with van der Waals surface area (Å²) >= 11 is 13.3. The molecule has 0 aliphatic heterocycles. The van der Waals surface area contributed by atoms with E-state index in [1.807, 2.05) is 36.6 Å². The van der Waals surface area contributed by atoms with Gasteiger partial charge in [-0.25, -0.2) is 0 Å². The van der Waals surface area contributed by atoms with Gasteiger partial charge in [-0.05, 0) is 43.7 Å². The van der Waals surface area contributed by atoms with Crippen molar-refractivity contribution in [1.29, 1.82) is 0 Å². The van der Waals surface area contributed by atoms with Crippen LogP contribution in [0.5, 0.6) is 0 Å². The minimum Gasteiger partial charge on any atom is -0.342 e. The molecule has 1 atom stereocenters.